The van der Waals surface area contributed by atoms with E-state index in [9.17, 15) is 0 Å². The number of benzene rings is 2. The molecule has 0 nitrogen and oxygen atoms in total. The maximum Gasteiger partial charge on any atom is 0.0279 e. The summed E-state index contributed by atoms with van der Waals surface area (Å²) in [5.41, 5.74) is 5.23. The smallest absolute Gasteiger partial charge is 0.0279 e. The van der Waals surface area contributed by atoms with Crippen LogP contribution in [0.3, 0.4) is 0 Å². The maximum absolute atomic E-state index is 3.22. The van der Waals surface area contributed by atoms with Crippen molar-refractivity contribution in [2.24, 2.45) is 0 Å². The summed E-state index contributed by atoms with van der Waals surface area (Å²) in [7, 11) is 0. The Morgan fingerprint density at radius 2 is 1.14 bits per heavy atom. The first-order valence-electron chi connectivity index (χ1n) is 6.81. The summed E-state index contributed by atoms with van der Waals surface area (Å²) in [6.45, 7) is 5.74. The highest BCUT2D eigenvalue weighted by molar-refractivity contribution is 5.50. The van der Waals surface area contributed by atoms with E-state index in [1.54, 1.807) is 0 Å². The highest BCUT2D eigenvalue weighted by atomic mass is 14.0. The van der Waals surface area contributed by atoms with Gasteiger partial charge in [-0.1, -0.05) is 23.7 Å². The second-order valence-corrected chi connectivity index (χ2v) is 4.61. The second kappa shape index (κ2) is 7.05. The van der Waals surface area contributed by atoms with Gasteiger partial charge in [-0.2, -0.15) is 0 Å². The van der Waals surface area contributed by atoms with Gasteiger partial charge in [0.2, 0.25) is 0 Å². The molecule has 0 N–H and O–H groups in total. The third-order valence-electron chi connectivity index (χ3n) is 2.99. The van der Waals surface area contributed by atoms with E-state index in [1.165, 1.54) is 0 Å². The fraction of sp³-hybridized carbons (Fsp3) is 0.143. The minimum absolute atomic E-state index is 0.994. The zero-order valence-electron chi connectivity index (χ0n) is 12.5. The molecule has 0 aliphatic rings. The molecule has 0 radical (unpaired) electrons. The molecule has 0 aromatic heterocycles. The minimum atomic E-state index is 0.994. The Hall–Kier alpha value is -2.88. The normalized spacial score (nSPS) is 8.52. The molecule has 0 bridgehead atoms. The van der Waals surface area contributed by atoms with E-state index in [0.717, 1.165) is 27.8 Å². The van der Waals surface area contributed by atoms with Gasteiger partial charge < -0.3 is 0 Å². The first kappa shape index (κ1) is 14.5. The third kappa shape index (κ3) is 4.04. The summed E-state index contributed by atoms with van der Waals surface area (Å²) in [6.07, 6.45) is 0. The summed E-state index contributed by atoms with van der Waals surface area (Å²) in [6, 6.07) is 14.1. The molecule has 2 rings (SSSR count). The van der Waals surface area contributed by atoms with E-state index in [0.29, 0.717) is 0 Å². The van der Waals surface area contributed by atoms with Crippen molar-refractivity contribution in [3.05, 3.63) is 70.3 Å². The Bertz CT molecular complexity index is 817. The molecule has 0 spiro atoms. The zero-order valence-corrected chi connectivity index (χ0v) is 12.5. The van der Waals surface area contributed by atoms with Crippen LogP contribution in [0.25, 0.3) is 0 Å². The Labute approximate surface area is 127 Å². The first-order valence-corrected chi connectivity index (χ1v) is 6.81. The van der Waals surface area contributed by atoms with Crippen LogP contribution in [0.1, 0.15) is 41.7 Å². The molecule has 0 fully saturated rings. The lowest BCUT2D eigenvalue weighted by Gasteiger charge is -1.98. The molecular formula is C21H16. The molecule has 0 heterocycles. The van der Waals surface area contributed by atoms with Crippen LogP contribution < -0.4 is 0 Å². The lowest BCUT2D eigenvalue weighted by molar-refractivity contribution is 1.42. The predicted octanol–water partition coefficient (Wildman–Crippen LogP) is 4.14. The van der Waals surface area contributed by atoms with Gasteiger partial charge in [-0.15, -0.1) is 11.8 Å². The van der Waals surface area contributed by atoms with Gasteiger partial charge in [0.15, 0.2) is 0 Å². The second-order valence-electron chi connectivity index (χ2n) is 4.61. The van der Waals surface area contributed by atoms with E-state index in [1.807, 2.05) is 50.2 Å². The van der Waals surface area contributed by atoms with Crippen molar-refractivity contribution in [3.8, 4) is 35.5 Å². The van der Waals surface area contributed by atoms with Gasteiger partial charge in [0, 0.05) is 22.3 Å². The van der Waals surface area contributed by atoms with Gasteiger partial charge in [0.1, 0.15) is 0 Å². The Kier molecular flexibility index (Phi) is 4.88. The fourth-order valence-electron chi connectivity index (χ4n) is 1.95. The fourth-order valence-corrected chi connectivity index (χ4v) is 1.95. The molecule has 0 atom stereocenters. The molecule has 0 heteroatoms. The lowest BCUT2D eigenvalue weighted by Crippen LogP contribution is -1.85. The van der Waals surface area contributed by atoms with E-state index >= 15 is 0 Å². The van der Waals surface area contributed by atoms with E-state index in [2.05, 4.69) is 48.5 Å². The van der Waals surface area contributed by atoms with Crippen molar-refractivity contribution in [3.63, 3.8) is 0 Å². The van der Waals surface area contributed by atoms with Gasteiger partial charge in [0.25, 0.3) is 0 Å². The van der Waals surface area contributed by atoms with Crippen LogP contribution in [0.2, 0.25) is 0 Å². The molecule has 2 aromatic rings. The Balaban J connectivity index is 2.25. The summed E-state index contributed by atoms with van der Waals surface area (Å²) in [4.78, 5) is 0. The molecule has 0 saturated carbocycles. The summed E-state index contributed by atoms with van der Waals surface area (Å²) >= 11 is 0. The standard InChI is InChI=1S/C21H16/c1-4-6-18-8-10-19(11-9-18)12-14-21-15-13-20(7-5-2)16-17(21)3/h8-11,13,15-16H,1-3H3. The summed E-state index contributed by atoms with van der Waals surface area (Å²) in [5, 5.41) is 0. The molecule has 0 aliphatic carbocycles. The predicted molar refractivity (Wildman–Crippen MR) is 88.7 cm³/mol. The van der Waals surface area contributed by atoms with Crippen molar-refractivity contribution in [2.75, 3.05) is 0 Å². The molecule has 21 heavy (non-hydrogen) atoms. The molecule has 0 aliphatic heterocycles. The zero-order chi connectivity index (χ0) is 15.1. The molecular weight excluding hydrogens is 252 g/mol. The van der Waals surface area contributed by atoms with Crippen molar-refractivity contribution in [1.29, 1.82) is 0 Å². The quantitative estimate of drug-likeness (QED) is 0.630. The highest BCUT2D eigenvalue weighted by Crippen LogP contribution is 2.10. The minimum Gasteiger partial charge on any atom is -0.101 e. The van der Waals surface area contributed by atoms with Gasteiger partial charge in [-0.05, 0) is 68.8 Å². The van der Waals surface area contributed by atoms with Crippen LogP contribution in [-0.4, -0.2) is 0 Å². The summed E-state index contributed by atoms with van der Waals surface area (Å²) < 4.78 is 0. The largest absolute Gasteiger partial charge is 0.101 e. The van der Waals surface area contributed by atoms with Crippen molar-refractivity contribution in [2.45, 2.75) is 20.8 Å². The van der Waals surface area contributed by atoms with Crippen LogP contribution in [0.4, 0.5) is 0 Å². The molecule has 0 saturated heterocycles. The number of rotatable bonds is 0. The van der Waals surface area contributed by atoms with E-state index in [-0.39, 0.29) is 0 Å². The Morgan fingerprint density at radius 3 is 1.71 bits per heavy atom. The van der Waals surface area contributed by atoms with E-state index < -0.39 is 0 Å². The van der Waals surface area contributed by atoms with Gasteiger partial charge in [-0.3, -0.25) is 0 Å². The molecule has 0 amide bonds. The monoisotopic (exact) mass is 268 g/mol. The maximum atomic E-state index is 3.22. The highest BCUT2D eigenvalue weighted by Gasteiger charge is 1.95. The van der Waals surface area contributed by atoms with Crippen LogP contribution >= 0.6 is 0 Å². The average Bonchev–Trinajstić information content (AvgIpc) is 2.49. The molecule has 100 valence electrons. The Morgan fingerprint density at radius 1 is 0.619 bits per heavy atom. The van der Waals surface area contributed by atoms with E-state index in [4.69, 9.17) is 0 Å². The molecule has 2 aromatic carbocycles. The van der Waals surface area contributed by atoms with Crippen LogP contribution in [0.15, 0.2) is 42.5 Å². The lowest BCUT2D eigenvalue weighted by atomic mass is 10.0. The topological polar surface area (TPSA) is 0 Å². The number of aryl methyl sites for hydroxylation is 1. The van der Waals surface area contributed by atoms with Gasteiger partial charge in [0.05, 0.1) is 0 Å². The SMILES string of the molecule is CC#Cc1ccc(C#Cc2ccc(C#CC)cc2C)cc1. The average molecular weight is 268 g/mol. The van der Waals surface area contributed by atoms with Gasteiger partial charge >= 0.3 is 0 Å². The van der Waals surface area contributed by atoms with Crippen molar-refractivity contribution >= 4 is 0 Å². The first-order chi connectivity index (χ1) is 10.2. The number of hydrogen-bond donors (Lipinski definition) is 0. The molecule has 0 unspecified atom stereocenters. The third-order valence-corrected chi connectivity index (χ3v) is 2.99. The summed E-state index contributed by atoms with van der Waals surface area (Å²) in [5.74, 6) is 18.3. The van der Waals surface area contributed by atoms with Crippen molar-refractivity contribution < 1.29 is 0 Å². The van der Waals surface area contributed by atoms with Crippen LogP contribution in [0.5, 0.6) is 0 Å². The van der Waals surface area contributed by atoms with Crippen molar-refractivity contribution in [1.82, 2.24) is 0 Å². The van der Waals surface area contributed by atoms with Crippen LogP contribution in [-0.2, 0) is 0 Å². The van der Waals surface area contributed by atoms with Crippen LogP contribution in [0, 0.1) is 42.4 Å². The van der Waals surface area contributed by atoms with Gasteiger partial charge in [-0.25, -0.2) is 0 Å². The number of hydrogen-bond acceptors (Lipinski definition) is 0.